The minimum absolute atomic E-state index is 0.180. The highest BCUT2D eigenvalue weighted by atomic mass is 17.3. The summed E-state index contributed by atoms with van der Waals surface area (Å²) >= 11 is 0. The third kappa shape index (κ3) is 1.51. The highest BCUT2D eigenvalue weighted by molar-refractivity contribution is 5.81. The summed E-state index contributed by atoms with van der Waals surface area (Å²) in [5.41, 5.74) is 0. The van der Waals surface area contributed by atoms with Crippen molar-refractivity contribution in [1.82, 2.24) is 0 Å². The van der Waals surface area contributed by atoms with Gasteiger partial charge < -0.3 is 4.74 Å². The molecule has 49 valence electrons. The van der Waals surface area contributed by atoms with E-state index >= 15 is 0 Å². The fourth-order valence-corrected chi connectivity index (χ4v) is 0.307. The first-order chi connectivity index (χ1) is 4.33. The summed E-state index contributed by atoms with van der Waals surface area (Å²) in [5, 5.41) is 0. The fraction of sp³-hybridized carbons (Fsp3) is 0.200. The summed E-state index contributed by atoms with van der Waals surface area (Å²) < 4.78 is 4.45. The van der Waals surface area contributed by atoms with Crippen LogP contribution in [0.1, 0.15) is 0 Å². The van der Waals surface area contributed by atoms with E-state index in [0.717, 1.165) is 6.08 Å². The van der Waals surface area contributed by atoms with Gasteiger partial charge in [-0.1, -0.05) is 6.58 Å². The third-order valence-corrected chi connectivity index (χ3v) is 0.710. The van der Waals surface area contributed by atoms with E-state index in [0.29, 0.717) is 0 Å². The standard InChI is InChI=1S/C5H5O4/c1-2-4(6)8-5-3-7-9-5/h2H,1,3H2. The number of hydrogen-bond donors (Lipinski definition) is 0. The van der Waals surface area contributed by atoms with Crippen LogP contribution in [0.3, 0.4) is 0 Å². The van der Waals surface area contributed by atoms with Gasteiger partial charge in [0.2, 0.25) is 0 Å². The Kier molecular flexibility index (Phi) is 1.81. The van der Waals surface area contributed by atoms with Crippen LogP contribution < -0.4 is 0 Å². The molecule has 0 aromatic carbocycles. The molecule has 4 heteroatoms. The Morgan fingerprint density at radius 2 is 2.56 bits per heavy atom. The maximum absolute atomic E-state index is 10.3. The Morgan fingerprint density at radius 3 is 2.89 bits per heavy atom. The predicted molar refractivity (Wildman–Crippen MR) is 26.6 cm³/mol. The van der Waals surface area contributed by atoms with Gasteiger partial charge in [0.25, 0.3) is 0 Å². The molecule has 1 rings (SSSR count). The van der Waals surface area contributed by atoms with Gasteiger partial charge in [-0.25, -0.2) is 9.68 Å². The molecular formula is C5H5O4. The van der Waals surface area contributed by atoms with Crippen LogP contribution in [0, 0.1) is 6.29 Å². The van der Waals surface area contributed by atoms with Crippen LogP contribution in [0.25, 0.3) is 0 Å². The molecule has 0 N–H and O–H groups in total. The van der Waals surface area contributed by atoms with Crippen molar-refractivity contribution >= 4 is 5.97 Å². The van der Waals surface area contributed by atoms with E-state index in [-0.39, 0.29) is 12.9 Å². The van der Waals surface area contributed by atoms with Crippen molar-refractivity contribution in [3.05, 3.63) is 18.9 Å². The van der Waals surface area contributed by atoms with Crippen molar-refractivity contribution in [2.45, 2.75) is 0 Å². The van der Waals surface area contributed by atoms with Gasteiger partial charge in [0, 0.05) is 6.08 Å². The second-order valence-corrected chi connectivity index (χ2v) is 1.34. The molecule has 0 bridgehead atoms. The van der Waals surface area contributed by atoms with Crippen LogP contribution in [0.5, 0.6) is 0 Å². The number of carbonyl (C=O) groups is 1. The van der Waals surface area contributed by atoms with E-state index in [1.165, 1.54) is 0 Å². The summed E-state index contributed by atoms with van der Waals surface area (Å²) in [7, 11) is 0. The first kappa shape index (κ1) is 6.25. The van der Waals surface area contributed by atoms with E-state index in [4.69, 9.17) is 0 Å². The van der Waals surface area contributed by atoms with E-state index in [2.05, 4.69) is 21.1 Å². The fourth-order valence-electron chi connectivity index (χ4n) is 0.307. The Bertz CT molecular complexity index is 127. The lowest BCUT2D eigenvalue weighted by atomic mass is 10.6. The molecule has 1 fully saturated rings. The van der Waals surface area contributed by atoms with Crippen LogP contribution in [-0.2, 0) is 19.3 Å². The SMILES string of the molecule is C=CC(=O)O[C]1COO1. The average molecular weight is 129 g/mol. The predicted octanol–water partition coefficient (Wildman–Crippen LogP) is 0.167. The van der Waals surface area contributed by atoms with Crippen molar-refractivity contribution in [2.24, 2.45) is 0 Å². The van der Waals surface area contributed by atoms with Gasteiger partial charge >= 0.3 is 12.3 Å². The second-order valence-electron chi connectivity index (χ2n) is 1.34. The molecule has 1 saturated heterocycles. The van der Waals surface area contributed by atoms with Gasteiger partial charge in [0.05, 0.1) is 0 Å². The Balaban J connectivity index is 2.16. The Morgan fingerprint density at radius 1 is 1.89 bits per heavy atom. The van der Waals surface area contributed by atoms with Gasteiger partial charge in [-0.3, -0.25) is 0 Å². The quantitative estimate of drug-likeness (QED) is 0.303. The van der Waals surface area contributed by atoms with E-state index in [1.807, 2.05) is 0 Å². The summed E-state index contributed by atoms with van der Waals surface area (Å²) in [6.07, 6.45) is 1.23. The molecular weight excluding hydrogens is 124 g/mol. The molecule has 0 aromatic rings. The molecule has 1 aliphatic rings. The van der Waals surface area contributed by atoms with E-state index < -0.39 is 5.97 Å². The highest BCUT2D eigenvalue weighted by Crippen LogP contribution is 2.15. The van der Waals surface area contributed by atoms with Crippen molar-refractivity contribution in [3.8, 4) is 0 Å². The van der Waals surface area contributed by atoms with Crippen molar-refractivity contribution in [3.63, 3.8) is 0 Å². The molecule has 1 aliphatic heterocycles. The number of rotatable bonds is 2. The molecule has 0 amide bonds. The van der Waals surface area contributed by atoms with Gasteiger partial charge in [0.1, 0.15) is 0 Å². The first-order valence-corrected chi connectivity index (χ1v) is 2.32. The zero-order valence-corrected chi connectivity index (χ0v) is 4.62. The highest BCUT2D eigenvalue weighted by Gasteiger charge is 2.26. The van der Waals surface area contributed by atoms with Gasteiger partial charge in [-0.2, -0.15) is 4.89 Å². The summed E-state index contributed by atoms with van der Waals surface area (Å²) in [4.78, 5) is 18.8. The summed E-state index contributed by atoms with van der Waals surface area (Å²) in [5.74, 6) is -0.534. The largest absolute Gasteiger partial charge is 0.417 e. The number of esters is 1. The molecule has 9 heavy (non-hydrogen) atoms. The minimum Gasteiger partial charge on any atom is -0.417 e. The zero-order valence-electron chi connectivity index (χ0n) is 4.62. The van der Waals surface area contributed by atoms with Crippen molar-refractivity contribution in [2.75, 3.05) is 6.61 Å². The Labute approximate surface area is 51.9 Å². The molecule has 0 unspecified atom stereocenters. The number of carbonyl (C=O) groups excluding carboxylic acids is 1. The van der Waals surface area contributed by atoms with Gasteiger partial charge in [-0.05, 0) is 0 Å². The van der Waals surface area contributed by atoms with Crippen molar-refractivity contribution in [1.29, 1.82) is 0 Å². The van der Waals surface area contributed by atoms with Crippen LogP contribution in [0.15, 0.2) is 12.7 Å². The van der Waals surface area contributed by atoms with Crippen LogP contribution in [0.4, 0.5) is 0 Å². The monoisotopic (exact) mass is 129 g/mol. The molecule has 0 aromatic heterocycles. The average Bonchev–Trinajstić information content (AvgIpc) is 1.78. The lowest BCUT2D eigenvalue weighted by molar-refractivity contribution is -0.413. The van der Waals surface area contributed by atoms with E-state index in [1.54, 1.807) is 0 Å². The minimum atomic E-state index is -0.534. The van der Waals surface area contributed by atoms with E-state index in [9.17, 15) is 4.79 Å². The van der Waals surface area contributed by atoms with Gasteiger partial charge in [0.15, 0.2) is 6.61 Å². The molecule has 0 aliphatic carbocycles. The first-order valence-electron chi connectivity index (χ1n) is 2.32. The molecule has 4 nitrogen and oxygen atoms in total. The third-order valence-electron chi connectivity index (χ3n) is 0.710. The van der Waals surface area contributed by atoms with Gasteiger partial charge in [-0.15, -0.1) is 0 Å². The summed E-state index contributed by atoms with van der Waals surface area (Å²) in [6.45, 7) is 3.41. The zero-order chi connectivity index (χ0) is 6.69. The number of hydrogen-bond acceptors (Lipinski definition) is 4. The van der Waals surface area contributed by atoms with Crippen LogP contribution >= 0.6 is 0 Å². The van der Waals surface area contributed by atoms with Crippen LogP contribution in [-0.4, -0.2) is 12.6 Å². The maximum Gasteiger partial charge on any atom is 0.339 e. The van der Waals surface area contributed by atoms with Crippen molar-refractivity contribution < 1.29 is 19.3 Å². The molecule has 0 saturated carbocycles. The maximum atomic E-state index is 10.3. The second kappa shape index (κ2) is 2.61. The molecule has 1 radical (unpaired) electrons. The van der Waals surface area contributed by atoms with Crippen LogP contribution in [0.2, 0.25) is 0 Å². The lowest BCUT2D eigenvalue weighted by Gasteiger charge is -2.20. The smallest absolute Gasteiger partial charge is 0.339 e. The molecule has 1 heterocycles. The lowest BCUT2D eigenvalue weighted by Crippen LogP contribution is -2.26. The Hall–Kier alpha value is -0.870. The normalized spacial score (nSPS) is 18.2. The molecule has 0 atom stereocenters. The topological polar surface area (TPSA) is 44.8 Å². The molecule has 0 spiro atoms. The number of ether oxygens (including phenoxy) is 1. The summed E-state index contributed by atoms with van der Waals surface area (Å²) in [6, 6.07) is 0.